The Labute approximate surface area is 243 Å². The maximum absolute atomic E-state index is 14.0. The van der Waals surface area contributed by atoms with Gasteiger partial charge in [0.15, 0.2) is 0 Å². The average Bonchev–Trinajstić information content (AvgIpc) is 2.89. The molecule has 0 heterocycles. The predicted octanol–water partition coefficient (Wildman–Crippen LogP) is 5.18. The average molecular weight is 584 g/mol. The second-order valence-corrected chi connectivity index (χ2v) is 13.2. The van der Waals surface area contributed by atoms with Crippen molar-refractivity contribution in [3.63, 3.8) is 0 Å². The summed E-state index contributed by atoms with van der Waals surface area (Å²) in [6, 6.07) is 22.8. The summed E-state index contributed by atoms with van der Waals surface area (Å²) in [7, 11) is -3.83. The van der Waals surface area contributed by atoms with Crippen LogP contribution in [0.3, 0.4) is 0 Å². The first-order valence-corrected chi connectivity index (χ1v) is 15.5. The second kappa shape index (κ2) is 13.3. The first-order chi connectivity index (χ1) is 18.8. The van der Waals surface area contributed by atoms with Crippen LogP contribution >= 0.6 is 11.6 Å². The smallest absolute Gasteiger partial charge is 0.244 e. The maximum atomic E-state index is 14.0. The van der Waals surface area contributed by atoms with Crippen LogP contribution in [0.5, 0.6) is 0 Å². The summed E-state index contributed by atoms with van der Waals surface area (Å²) in [6.07, 6.45) is 1.34. The SMILES string of the molecule is CCNC(=O)C(Cc1ccccc1)N(Cc1cccc(Cl)c1)C(=O)CN(c1ccc(C(C)(C)C)cc1)S(C)(=O)=O. The van der Waals surface area contributed by atoms with Gasteiger partial charge in [-0.3, -0.25) is 13.9 Å². The van der Waals surface area contributed by atoms with Crippen molar-refractivity contribution in [3.05, 3.63) is 101 Å². The first-order valence-electron chi connectivity index (χ1n) is 13.2. The molecule has 0 aliphatic rings. The number of anilines is 1. The summed E-state index contributed by atoms with van der Waals surface area (Å²) in [5, 5.41) is 3.34. The van der Waals surface area contributed by atoms with E-state index in [1.54, 1.807) is 30.3 Å². The molecule has 7 nitrogen and oxygen atoms in total. The largest absolute Gasteiger partial charge is 0.355 e. The molecule has 3 aromatic carbocycles. The highest BCUT2D eigenvalue weighted by atomic mass is 35.5. The van der Waals surface area contributed by atoms with Crippen molar-refractivity contribution >= 4 is 39.1 Å². The molecule has 3 aromatic rings. The van der Waals surface area contributed by atoms with Gasteiger partial charge >= 0.3 is 0 Å². The molecular weight excluding hydrogens is 546 g/mol. The summed E-state index contributed by atoms with van der Waals surface area (Å²) in [6.45, 7) is 8.03. The minimum atomic E-state index is -3.83. The Balaban J connectivity index is 2.03. The van der Waals surface area contributed by atoms with Crippen molar-refractivity contribution < 1.29 is 18.0 Å². The van der Waals surface area contributed by atoms with Gasteiger partial charge in [-0.2, -0.15) is 0 Å². The Morgan fingerprint density at radius 3 is 2.10 bits per heavy atom. The molecule has 0 aromatic heterocycles. The highest BCUT2D eigenvalue weighted by Crippen LogP contribution is 2.26. The minimum Gasteiger partial charge on any atom is -0.355 e. The standard InChI is InChI=1S/C31H38ClN3O4S/c1-6-33-30(37)28(20-23-11-8-7-9-12-23)34(21-24-13-10-14-26(32)19-24)29(36)22-35(40(5,38)39)27-17-15-25(16-18-27)31(2,3)4/h7-19,28H,6,20-22H2,1-5H3,(H,33,37). The second-order valence-electron chi connectivity index (χ2n) is 10.8. The zero-order valence-corrected chi connectivity index (χ0v) is 25.3. The molecule has 1 unspecified atom stereocenters. The van der Waals surface area contributed by atoms with Gasteiger partial charge in [-0.05, 0) is 53.3 Å². The number of sulfonamides is 1. The molecule has 1 atom stereocenters. The molecule has 0 saturated carbocycles. The number of hydrogen-bond donors (Lipinski definition) is 1. The van der Waals surface area contributed by atoms with Crippen molar-refractivity contribution in [2.75, 3.05) is 23.7 Å². The molecule has 0 radical (unpaired) electrons. The molecule has 3 rings (SSSR count). The molecule has 214 valence electrons. The highest BCUT2D eigenvalue weighted by Gasteiger charge is 2.33. The van der Waals surface area contributed by atoms with E-state index in [1.165, 1.54) is 4.90 Å². The van der Waals surface area contributed by atoms with E-state index in [2.05, 4.69) is 26.1 Å². The normalized spacial score (nSPS) is 12.4. The van der Waals surface area contributed by atoms with Crippen molar-refractivity contribution in [2.45, 2.75) is 52.1 Å². The van der Waals surface area contributed by atoms with E-state index in [0.717, 1.165) is 27.3 Å². The Kier molecular flexibility index (Phi) is 10.4. The van der Waals surface area contributed by atoms with Crippen LogP contribution in [0.4, 0.5) is 5.69 Å². The Morgan fingerprint density at radius 1 is 0.925 bits per heavy atom. The first kappa shape index (κ1) is 31.2. The van der Waals surface area contributed by atoms with Gasteiger partial charge in [-0.25, -0.2) is 8.42 Å². The summed E-state index contributed by atoms with van der Waals surface area (Å²) in [4.78, 5) is 28.9. The van der Waals surface area contributed by atoms with Crippen molar-refractivity contribution in [2.24, 2.45) is 0 Å². The molecular formula is C31H38ClN3O4S. The number of benzene rings is 3. The van der Waals surface area contributed by atoms with E-state index in [9.17, 15) is 18.0 Å². The third-order valence-corrected chi connectivity index (χ3v) is 7.94. The van der Waals surface area contributed by atoms with Crippen LogP contribution < -0.4 is 9.62 Å². The van der Waals surface area contributed by atoms with Crippen LogP contribution in [0.25, 0.3) is 0 Å². The molecule has 0 saturated heterocycles. The van der Waals surface area contributed by atoms with Crippen molar-refractivity contribution in [1.82, 2.24) is 10.2 Å². The molecule has 1 N–H and O–H groups in total. The monoisotopic (exact) mass is 583 g/mol. The summed E-state index contributed by atoms with van der Waals surface area (Å²) in [5.41, 5.74) is 2.90. The van der Waals surface area contributed by atoms with E-state index in [4.69, 9.17) is 11.6 Å². The Hall–Kier alpha value is -3.36. The van der Waals surface area contributed by atoms with Crippen LogP contribution in [0.15, 0.2) is 78.9 Å². The van der Waals surface area contributed by atoms with Gasteiger partial charge in [0, 0.05) is 24.5 Å². The van der Waals surface area contributed by atoms with Crippen LogP contribution in [-0.4, -0.2) is 50.5 Å². The van der Waals surface area contributed by atoms with Gasteiger partial charge < -0.3 is 10.2 Å². The van der Waals surface area contributed by atoms with Crippen LogP contribution in [0.2, 0.25) is 5.02 Å². The number of nitrogens with one attached hydrogen (secondary N) is 1. The fraction of sp³-hybridized carbons (Fsp3) is 0.355. The molecule has 2 amide bonds. The quantitative estimate of drug-likeness (QED) is 0.337. The molecule has 0 spiro atoms. The van der Waals surface area contributed by atoms with E-state index in [0.29, 0.717) is 17.3 Å². The van der Waals surface area contributed by atoms with Crippen LogP contribution in [-0.2, 0) is 38.0 Å². The van der Waals surface area contributed by atoms with Gasteiger partial charge in [0.1, 0.15) is 12.6 Å². The van der Waals surface area contributed by atoms with Crippen LogP contribution in [0, 0.1) is 0 Å². The topological polar surface area (TPSA) is 86.8 Å². The molecule has 0 fully saturated rings. The number of carbonyl (C=O) groups excluding carboxylic acids is 2. The third kappa shape index (κ3) is 8.57. The number of nitrogens with zero attached hydrogens (tertiary/aromatic N) is 2. The molecule has 0 aliphatic carbocycles. The number of halogens is 1. The number of likely N-dealkylation sites (N-methyl/N-ethyl adjacent to an activating group) is 1. The number of amides is 2. The Bertz CT molecular complexity index is 1400. The lowest BCUT2D eigenvalue weighted by molar-refractivity contribution is -0.140. The zero-order chi connectivity index (χ0) is 29.5. The molecule has 0 aliphatic heterocycles. The number of hydrogen-bond acceptors (Lipinski definition) is 4. The lowest BCUT2D eigenvalue weighted by Crippen LogP contribution is -2.53. The van der Waals surface area contributed by atoms with E-state index < -0.39 is 28.5 Å². The predicted molar refractivity (Wildman–Crippen MR) is 162 cm³/mol. The maximum Gasteiger partial charge on any atom is 0.244 e. The van der Waals surface area contributed by atoms with Crippen LogP contribution in [0.1, 0.15) is 44.4 Å². The Morgan fingerprint density at radius 2 is 1.55 bits per heavy atom. The molecule has 40 heavy (non-hydrogen) atoms. The lowest BCUT2D eigenvalue weighted by atomic mass is 9.87. The van der Waals surface area contributed by atoms with Gasteiger partial charge in [-0.1, -0.05) is 87.0 Å². The lowest BCUT2D eigenvalue weighted by Gasteiger charge is -2.33. The zero-order valence-electron chi connectivity index (χ0n) is 23.7. The van der Waals surface area contributed by atoms with Gasteiger partial charge in [0.05, 0.1) is 11.9 Å². The molecule has 9 heteroatoms. The summed E-state index contributed by atoms with van der Waals surface area (Å²) in [5.74, 6) is -0.820. The van der Waals surface area contributed by atoms with Crippen molar-refractivity contribution in [1.29, 1.82) is 0 Å². The summed E-state index contributed by atoms with van der Waals surface area (Å²) >= 11 is 6.23. The highest BCUT2D eigenvalue weighted by molar-refractivity contribution is 7.92. The van der Waals surface area contributed by atoms with E-state index in [-0.39, 0.29) is 24.3 Å². The fourth-order valence-electron chi connectivity index (χ4n) is 4.42. The number of rotatable bonds is 11. The third-order valence-electron chi connectivity index (χ3n) is 6.56. The van der Waals surface area contributed by atoms with E-state index in [1.807, 2.05) is 55.5 Å². The minimum absolute atomic E-state index is 0.0780. The summed E-state index contributed by atoms with van der Waals surface area (Å²) < 4.78 is 26.9. The van der Waals surface area contributed by atoms with Gasteiger partial charge in [-0.15, -0.1) is 0 Å². The van der Waals surface area contributed by atoms with Gasteiger partial charge in [0.2, 0.25) is 21.8 Å². The fourth-order valence-corrected chi connectivity index (χ4v) is 5.48. The van der Waals surface area contributed by atoms with E-state index >= 15 is 0 Å². The van der Waals surface area contributed by atoms with Gasteiger partial charge in [0.25, 0.3) is 0 Å². The van der Waals surface area contributed by atoms with Crippen molar-refractivity contribution in [3.8, 4) is 0 Å². The number of carbonyl (C=O) groups is 2. The molecule has 0 bridgehead atoms.